The maximum atomic E-state index is 10.7. The number of halogens is 1. The number of aliphatic hydroxyl groups excluding tert-OH is 1. The Morgan fingerprint density at radius 3 is 2.19 bits per heavy atom. The zero-order valence-electron chi connectivity index (χ0n) is 20.8. The zero-order chi connectivity index (χ0) is 22.4. The molecule has 2 atom stereocenters. The lowest BCUT2D eigenvalue weighted by molar-refractivity contribution is -0.932. The highest BCUT2D eigenvalue weighted by atomic mass is 127. The molecule has 1 aliphatic carbocycles. The Bertz CT molecular complexity index is 659. The van der Waals surface area contributed by atoms with Crippen molar-refractivity contribution in [3.63, 3.8) is 0 Å². The Morgan fingerprint density at radius 1 is 1.10 bits per heavy atom. The summed E-state index contributed by atoms with van der Waals surface area (Å²) in [4.78, 5) is 0. The molecule has 4 heteroatoms. The first-order valence-corrected chi connectivity index (χ1v) is 11.8. The summed E-state index contributed by atoms with van der Waals surface area (Å²) in [6.45, 7) is 17.4. The molecule has 1 aromatic carbocycles. The monoisotopic (exact) mass is 543 g/mol. The fourth-order valence-electron chi connectivity index (χ4n) is 5.53. The second-order valence-corrected chi connectivity index (χ2v) is 11.5. The van der Waals surface area contributed by atoms with Crippen molar-refractivity contribution in [3.05, 3.63) is 42.5 Å². The van der Waals surface area contributed by atoms with Crippen molar-refractivity contribution in [1.29, 1.82) is 0 Å². The van der Waals surface area contributed by atoms with Crippen molar-refractivity contribution in [3.8, 4) is 5.75 Å². The van der Waals surface area contributed by atoms with Crippen LogP contribution in [0.3, 0.4) is 0 Å². The number of rotatable bonds is 10. The number of aliphatic hydroxyl groups is 1. The molecule has 0 aliphatic heterocycles. The lowest BCUT2D eigenvalue weighted by Gasteiger charge is -2.43. The van der Waals surface area contributed by atoms with E-state index in [1.54, 1.807) is 0 Å². The largest absolute Gasteiger partial charge is 1.00 e. The molecule has 0 aromatic heterocycles. The van der Waals surface area contributed by atoms with Crippen LogP contribution < -0.4 is 28.7 Å². The summed E-state index contributed by atoms with van der Waals surface area (Å²) >= 11 is 0. The number of nitrogens with zero attached hydrogens (tertiary/aromatic N) is 1. The standard InChI is InChI=1S/C27H46NO2.HI/c1-8-18-28(7,23-12-10-9-11-13-23)19-24(29)20-30-25-16-14-22(15-17-25)27(5,6)21-26(2,3)4;/h8,14-17,23-24,29H,1,9-13,18-21H2,2-7H3;1H/q+1;/p-1. The molecule has 2 rings (SSSR count). The lowest BCUT2D eigenvalue weighted by Crippen LogP contribution is -3.00. The highest BCUT2D eigenvalue weighted by Crippen LogP contribution is 2.36. The van der Waals surface area contributed by atoms with Gasteiger partial charge in [0, 0.05) is 0 Å². The van der Waals surface area contributed by atoms with E-state index in [1.165, 1.54) is 37.7 Å². The van der Waals surface area contributed by atoms with Gasteiger partial charge < -0.3 is 38.3 Å². The number of hydrogen-bond acceptors (Lipinski definition) is 2. The van der Waals surface area contributed by atoms with Crippen LogP contribution in [0.5, 0.6) is 5.75 Å². The van der Waals surface area contributed by atoms with Crippen LogP contribution in [0.2, 0.25) is 0 Å². The van der Waals surface area contributed by atoms with Gasteiger partial charge in [-0.1, -0.05) is 59.8 Å². The molecule has 178 valence electrons. The number of likely N-dealkylation sites (N-methyl/N-ethyl adjacent to an activating group) is 1. The highest BCUT2D eigenvalue weighted by Gasteiger charge is 2.35. The maximum absolute atomic E-state index is 10.7. The van der Waals surface area contributed by atoms with Crippen LogP contribution in [-0.4, -0.2) is 48.5 Å². The Labute approximate surface area is 208 Å². The van der Waals surface area contributed by atoms with E-state index in [1.807, 2.05) is 18.2 Å². The summed E-state index contributed by atoms with van der Waals surface area (Å²) in [5.41, 5.74) is 1.75. The molecular weight excluding hydrogens is 497 g/mol. The third kappa shape index (κ3) is 9.05. The van der Waals surface area contributed by atoms with Crippen molar-refractivity contribution in [2.24, 2.45) is 5.41 Å². The fourth-order valence-corrected chi connectivity index (χ4v) is 5.53. The van der Waals surface area contributed by atoms with Gasteiger partial charge >= 0.3 is 0 Å². The van der Waals surface area contributed by atoms with E-state index in [9.17, 15) is 5.11 Å². The Morgan fingerprint density at radius 2 is 1.68 bits per heavy atom. The fraction of sp³-hybridized carbons (Fsp3) is 0.704. The first-order valence-electron chi connectivity index (χ1n) is 11.8. The van der Waals surface area contributed by atoms with Crippen LogP contribution in [-0.2, 0) is 5.41 Å². The summed E-state index contributed by atoms with van der Waals surface area (Å²) in [7, 11) is 2.27. The van der Waals surface area contributed by atoms with Gasteiger partial charge in [0.05, 0.1) is 19.6 Å². The lowest BCUT2D eigenvalue weighted by atomic mass is 9.72. The van der Waals surface area contributed by atoms with Crippen LogP contribution in [0.1, 0.15) is 78.7 Å². The average Bonchev–Trinajstić information content (AvgIpc) is 2.66. The minimum atomic E-state index is -0.478. The average molecular weight is 544 g/mol. The summed E-state index contributed by atoms with van der Waals surface area (Å²) in [5.74, 6) is 0.833. The predicted octanol–water partition coefficient (Wildman–Crippen LogP) is 3.11. The summed E-state index contributed by atoms with van der Waals surface area (Å²) < 4.78 is 6.83. The molecule has 1 fully saturated rings. The highest BCUT2D eigenvalue weighted by molar-refractivity contribution is 5.31. The van der Waals surface area contributed by atoms with Crippen LogP contribution in [0.15, 0.2) is 36.9 Å². The van der Waals surface area contributed by atoms with Gasteiger partial charge in [0.1, 0.15) is 25.0 Å². The molecule has 1 saturated carbocycles. The van der Waals surface area contributed by atoms with Crippen LogP contribution in [0.25, 0.3) is 0 Å². The van der Waals surface area contributed by atoms with E-state index in [0.29, 0.717) is 19.2 Å². The Hall–Kier alpha value is -0.590. The molecule has 0 saturated heterocycles. The van der Waals surface area contributed by atoms with E-state index >= 15 is 0 Å². The van der Waals surface area contributed by atoms with Gasteiger partial charge in [0.25, 0.3) is 0 Å². The van der Waals surface area contributed by atoms with Gasteiger partial charge in [-0.05, 0) is 66.7 Å². The van der Waals surface area contributed by atoms with Crippen molar-refractivity contribution in [2.45, 2.75) is 90.7 Å². The molecule has 0 bridgehead atoms. The first-order chi connectivity index (χ1) is 14.0. The number of hydrogen-bond donors (Lipinski definition) is 1. The third-order valence-electron chi connectivity index (χ3n) is 6.68. The second kappa shape index (κ2) is 12.0. The SMILES string of the molecule is C=CC[N+](C)(CC(O)COc1ccc(C(C)(C)CC(C)(C)C)cc1)C1CCCCC1.[I-]. The van der Waals surface area contributed by atoms with E-state index < -0.39 is 6.10 Å². The molecule has 1 aliphatic rings. The van der Waals surface area contributed by atoms with Crippen molar-refractivity contribution in [1.82, 2.24) is 0 Å². The molecule has 1 aromatic rings. The zero-order valence-corrected chi connectivity index (χ0v) is 23.0. The van der Waals surface area contributed by atoms with Crippen molar-refractivity contribution < 1.29 is 38.3 Å². The predicted molar refractivity (Wildman–Crippen MR) is 128 cm³/mol. The molecule has 0 heterocycles. The van der Waals surface area contributed by atoms with Crippen LogP contribution >= 0.6 is 0 Å². The summed E-state index contributed by atoms with van der Waals surface area (Å²) in [6, 6.07) is 9.06. The third-order valence-corrected chi connectivity index (χ3v) is 6.68. The smallest absolute Gasteiger partial charge is 0.137 e. The molecule has 1 N–H and O–H groups in total. The van der Waals surface area contributed by atoms with Gasteiger partial charge in [-0.15, -0.1) is 0 Å². The van der Waals surface area contributed by atoms with E-state index in [-0.39, 0.29) is 34.8 Å². The second-order valence-electron chi connectivity index (χ2n) is 11.5. The molecule has 0 spiro atoms. The van der Waals surface area contributed by atoms with E-state index in [4.69, 9.17) is 4.74 Å². The Kier molecular flexibility index (Phi) is 11.0. The van der Waals surface area contributed by atoms with Gasteiger partial charge in [-0.25, -0.2) is 0 Å². The molecule has 0 radical (unpaired) electrons. The van der Waals surface area contributed by atoms with Crippen molar-refractivity contribution >= 4 is 0 Å². The van der Waals surface area contributed by atoms with Crippen LogP contribution in [0, 0.1) is 5.41 Å². The van der Waals surface area contributed by atoms with Crippen LogP contribution in [0.4, 0.5) is 0 Å². The number of quaternary nitrogens is 1. The minimum Gasteiger partial charge on any atom is -1.00 e. The molecule has 31 heavy (non-hydrogen) atoms. The number of benzene rings is 1. The van der Waals surface area contributed by atoms with Gasteiger partial charge in [0.15, 0.2) is 0 Å². The van der Waals surface area contributed by atoms with Gasteiger partial charge in [-0.3, -0.25) is 0 Å². The Balaban J connectivity index is 0.00000480. The van der Waals surface area contributed by atoms with Gasteiger partial charge in [0.2, 0.25) is 0 Å². The van der Waals surface area contributed by atoms with Gasteiger partial charge in [-0.2, -0.15) is 0 Å². The maximum Gasteiger partial charge on any atom is 0.137 e. The molecule has 3 nitrogen and oxygen atoms in total. The molecular formula is C27H46INO2. The summed E-state index contributed by atoms with van der Waals surface area (Å²) in [5, 5.41) is 10.7. The quantitative estimate of drug-likeness (QED) is 0.279. The first kappa shape index (κ1) is 28.4. The molecule has 2 unspecified atom stereocenters. The minimum absolute atomic E-state index is 0. The van der Waals surface area contributed by atoms with E-state index in [0.717, 1.165) is 23.2 Å². The van der Waals surface area contributed by atoms with E-state index in [2.05, 4.69) is 60.4 Å². The molecule has 0 amide bonds. The number of ether oxygens (including phenoxy) is 1. The summed E-state index contributed by atoms with van der Waals surface area (Å²) in [6.07, 6.45) is 9.11. The topological polar surface area (TPSA) is 29.5 Å². The normalized spacial score (nSPS) is 18.5. The van der Waals surface area contributed by atoms with Crippen molar-refractivity contribution in [2.75, 3.05) is 26.7 Å².